The maximum absolute atomic E-state index is 4.23. The highest BCUT2D eigenvalue weighted by molar-refractivity contribution is 5.39. The molecule has 0 atom stereocenters. The molecule has 1 aliphatic heterocycles. The van der Waals surface area contributed by atoms with Gasteiger partial charge in [0.25, 0.3) is 0 Å². The predicted molar refractivity (Wildman–Crippen MR) is 67.9 cm³/mol. The van der Waals surface area contributed by atoms with Crippen LogP contribution in [0.5, 0.6) is 0 Å². The monoisotopic (exact) mass is 227 g/mol. The number of hydrogen-bond acceptors (Lipinski definition) is 2. The summed E-state index contributed by atoms with van der Waals surface area (Å²) in [6.45, 7) is 2.11. The van der Waals surface area contributed by atoms with E-state index in [2.05, 4.69) is 34.8 Å². The Balaban J connectivity index is 1.92. The number of benzene rings is 1. The number of aryl methyl sites for hydroxylation is 1. The van der Waals surface area contributed by atoms with Gasteiger partial charge in [0.15, 0.2) is 0 Å². The molecule has 1 aromatic heterocycles. The lowest BCUT2D eigenvalue weighted by molar-refractivity contribution is 0.639. The Kier molecular flexibility index (Phi) is 2.69. The molecule has 17 heavy (non-hydrogen) atoms. The minimum Gasteiger partial charge on any atom is -0.312 e. The number of aromatic nitrogens is 2. The summed E-state index contributed by atoms with van der Waals surface area (Å²) in [7, 11) is 1.96. The first kappa shape index (κ1) is 10.5. The lowest BCUT2D eigenvalue weighted by atomic mass is 9.93. The normalized spacial score (nSPS) is 14.6. The van der Waals surface area contributed by atoms with Crippen molar-refractivity contribution in [1.29, 1.82) is 0 Å². The van der Waals surface area contributed by atoms with Gasteiger partial charge in [-0.3, -0.25) is 4.68 Å². The van der Waals surface area contributed by atoms with E-state index in [1.807, 2.05) is 17.9 Å². The molecule has 0 bridgehead atoms. The third kappa shape index (κ3) is 2.11. The van der Waals surface area contributed by atoms with Crippen LogP contribution in [0.3, 0.4) is 0 Å². The van der Waals surface area contributed by atoms with Crippen molar-refractivity contribution < 1.29 is 0 Å². The molecular weight excluding hydrogens is 210 g/mol. The van der Waals surface area contributed by atoms with E-state index in [1.54, 1.807) is 0 Å². The maximum atomic E-state index is 4.23. The number of nitrogens with zero attached hydrogens (tertiary/aromatic N) is 2. The van der Waals surface area contributed by atoms with Gasteiger partial charge in [-0.1, -0.05) is 18.2 Å². The molecule has 0 unspecified atom stereocenters. The molecule has 0 spiro atoms. The standard InChI is InChI=1S/C14H17N3/c1-17-10-11(8-16-17)7-13-4-2-3-12-5-6-15-9-14(12)13/h2-4,8,10,15H,5-7,9H2,1H3. The van der Waals surface area contributed by atoms with Gasteiger partial charge >= 0.3 is 0 Å². The molecule has 0 saturated heterocycles. The van der Waals surface area contributed by atoms with Gasteiger partial charge in [0.1, 0.15) is 0 Å². The lowest BCUT2D eigenvalue weighted by Crippen LogP contribution is -2.24. The molecule has 0 radical (unpaired) electrons. The van der Waals surface area contributed by atoms with Crippen molar-refractivity contribution in [3.05, 3.63) is 52.8 Å². The van der Waals surface area contributed by atoms with Crippen molar-refractivity contribution in [2.45, 2.75) is 19.4 Å². The molecule has 0 fully saturated rings. The number of nitrogens with one attached hydrogen (secondary N) is 1. The van der Waals surface area contributed by atoms with Crippen molar-refractivity contribution >= 4 is 0 Å². The fourth-order valence-corrected chi connectivity index (χ4v) is 2.53. The van der Waals surface area contributed by atoms with Crippen molar-refractivity contribution in [2.24, 2.45) is 7.05 Å². The molecule has 0 aliphatic carbocycles. The zero-order chi connectivity index (χ0) is 11.7. The lowest BCUT2D eigenvalue weighted by Gasteiger charge is -2.20. The molecular formula is C14H17N3. The number of hydrogen-bond donors (Lipinski definition) is 1. The van der Waals surface area contributed by atoms with E-state index < -0.39 is 0 Å². The topological polar surface area (TPSA) is 29.9 Å². The van der Waals surface area contributed by atoms with Gasteiger partial charge in [-0.2, -0.15) is 5.10 Å². The number of rotatable bonds is 2. The Hall–Kier alpha value is -1.61. The molecule has 1 aromatic carbocycles. The summed E-state index contributed by atoms with van der Waals surface area (Å²) in [5, 5.41) is 7.68. The Morgan fingerprint density at radius 3 is 3.18 bits per heavy atom. The van der Waals surface area contributed by atoms with E-state index in [4.69, 9.17) is 0 Å². The van der Waals surface area contributed by atoms with E-state index in [9.17, 15) is 0 Å². The zero-order valence-electron chi connectivity index (χ0n) is 10.1. The maximum Gasteiger partial charge on any atom is 0.0525 e. The van der Waals surface area contributed by atoms with E-state index in [-0.39, 0.29) is 0 Å². The first-order valence-corrected chi connectivity index (χ1v) is 6.11. The second-order valence-electron chi connectivity index (χ2n) is 4.68. The minimum atomic E-state index is 0.985. The highest BCUT2D eigenvalue weighted by Gasteiger charge is 2.12. The van der Waals surface area contributed by atoms with Gasteiger partial charge in [0.2, 0.25) is 0 Å². The molecule has 2 aromatic rings. The van der Waals surface area contributed by atoms with Gasteiger partial charge in [-0.05, 0) is 35.2 Å². The summed E-state index contributed by atoms with van der Waals surface area (Å²) in [6, 6.07) is 6.66. The van der Waals surface area contributed by atoms with Crippen LogP contribution in [0.4, 0.5) is 0 Å². The Labute approximate surface area is 101 Å². The summed E-state index contributed by atoms with van der Waals surface area (Å²) in [6.07, 6.45) is 6.18. The second kappa shape index (κ2) is 4.34. The van der Waals surface area contributed by atoms with Crippen LogP contribution in [-0.2, 0) is 26.4 Å². The fourth-order valence-electron chi connectivity index (χ4n) is 2.53. The quantitative estimate of drug-likeness (QED) is 0.845. The highest BCUT2D eigenvalue weighted by atomic mass is 15.2. The average molecular weight is 227 g/mol. The van der Waals surface area contributed by atoms with Crippen molar-refractivity contribution in [1.82, 2.24) is 15.1 Å². The first-order valence-electron chi connectivity index (χ1n) is 6.11. The average Bonchev–Trinajstić information content (AvgIpc) is 2.75. The molecule has 88 valence electrons. The summed E-state index contributed by atoms with van der Waals surface area (Å²) in [5.74, 6) is 0. The molecule has 1 aliphatic rings. The van der Waals surface area contributed by atoms with Crippen LogP contribution >= 0.6 is 0 Å². The summed E-state index contributed by atoms with van der Waals surface area (Å²) in [5.41, 5.74) is 5.71. The van der Waals surface area contributed by atoms with Crippen LogP contribution in [0.1, 0.15) is 22.3 Å². The van der Waals surface area contributed by atoms with Gasteiger partial charge < -0.3 is 5.32 Å². The number of fused-ring (bicyclic) bond motifs is 1. The van der Waals surface area contributed by atoms with Crippen molar-refractivity contribution in [3.8, 4) is 0 Å². The van der Waals surface area contributed by atoms with E-state index in [1.165, 1.54) is 22.3 Å². The van der Waals surface area contributed by atoms with Crippen LogP contribution in [0, 0.1) is 0 Å². The van der Waals surface area contributed by atoms with Gasteiger partial charge in [-0.25, -0.2) is 0 Å². The van der Waals surface area contributed by atoms with E-state index >= 15 is 0 Å². The van der Waals surface area contributed by atoms with Crippen LogP contribution in [-0.4, -0.2) is 16.3 Å². The zero-order valence-corrected chi connectivity index (χ0v) is 10.1. The third-order valence-corrected chi connectivity index (χ3v) is 3.40. The van der Waals surface area contributed by atoms with E-state index in [0.717, 1.165) is 25.9 Å². The van der Waals surface area contributed by atoms with Crippen LogP contribution < -0.4 is 5.32 Å². The molecule has 1 N–H and O–H groups in total. The van der Waals surface area contributed by atoms with Crippen molar-refractivity contribution in [3.63, 3.8) is 0 Å². The van der Waals surface area contributed by atoms with Crippen LogP contribution in [0.25, 0.3) is 0 Å². The van der Waals surface area contributed by atoms with E-state index in [0.29, 0.717) is 0 Å². The predicted octanol–water partition coefficient (Wildman–Crippen LogP) is 1.66. The summed E-state index contributed by atoms with van der Waals surface area (Å²) >= 11 is 0. The SMILES string of the molecule is Cn1cc(Cc2cccc3c2CNCC3)cn1. The van der Waals surface area contributed by atoms with Gasteiger partial charge in [0, 0.05) is 26.2 Å². The molecule has 2 heterocycles. The molecule has 3 heteroatoms. The molecule has 3 nitrogen and oxygen atoms in total. The minimum absolute atomic E-state index is 0.985. The Bertz CT molecular complexity index is 528. The van der Waals surface area contributed by atoms with Crippen LogP contribution in [0.15, 0.2) is 30.6 Å². The largest absolute Gasteiger partial charge is 0.312 e. The molecule has 0 saturated carbocycles. The van der Waals surface area contributed by atoms with Gasteiger partial charge in [-0.15, -0.1) is 0 Å². The second-order valence-corrected chi connectivity index (χ2v) is 4.68. The summed E-state index contributed by atoms with van der Waals surface area (Å²) < 4.78 is 1.86. The molecule has 0 amide bonds. The fraction of sp³-hybridized carbons (Fsp3) is 0.357. The highest BCUT2D eigenvalue weighted by Crippen LogP contribution is 2.21. The third-order valence-electron chi connectivity index (χ3n) is 3.40. The molecule has 3 rings (SSSR count). The Morgan fingerprint density at radius 2 is 2.35 bits per heavy atom. The summed E-state index contributed by atoms with van der Waals surface area (Å²) in [4.78, 5) is 0. The first-order chi connectivity index (χ1) is 8.33. The van der Waals surface area contributed by atoms with Crippen LogP contribution in [0.2, 0.25) is 0 Å². The van der Waals surface area contributed by atoms with Crippen molar-refractivity contribution in [2.75, 3.05) is 6.54 Å². The Morgan fingerprint density at radius 1 is 1.41 bits per heavy atom. The smallest absolute Gasteiger partial charge is 0.0525 e. The van der Waals surface area contributed by atoms with Gasteiger partial charge in [0.05, 0.1) is 6.20 Å².